The minimum Gasteiger partial charge on any atom is -0.394 e. The third-order valence-corrected chi connectivity index (χ3v) is 4.27. The number of thiazole rings is 1. The van der Waals surface area contributed by atoms with Crippen molar-refractivity contribution in [1.29, 1.82) is 0 Å². The molecule has 0 bridgehead atoms. The van der Waals surface area contributed by atoms with Gasteiger partial charge in [-0.25, -0.2) is 4.98 Å². The van der Waals surface area contributed by atoms with Crippen molar-refractivity contribution in [1.82, 2.24) is 4.98 Å². The Morgan fingerprint density at radius 3 is 2.60 bits per heavy atom. The third-order valence-electron chi connectivity index (χ3n) is 3.05. The molecule has 1 aromatic heterocycles. The van der Waals surface area contributed by atoms with Gasteiger partial charge < -0.3 is 10.4 Å². The average molecular weight is 305 g/mol. The summed E-state index contributed by atoms with van der Waals surface area (Å²) in [6.45, 7) is -0.00242. The van der Waals surface area contributed by atoms with Crippen LogP contribution in [0.15, 0.2) is 48.5 Å². The zero-order valence-electron chi connectivity index (χ0n) is 10.6. The number of aliphatic hydroxyl groups is 1. The Labute approximate surface area is 125 Å². The van der Waals surface area contributed by atoms with Crippen LogP contribution in [0.1, 0.15) is 11.6 Å². The maximum Gasteiger partial charge on any atom is 0.184 e. The van der Waals surface area contributed by atoms with Crippen molar-refractivity contribution in [3.05, 3.63) is 59.1 Å². The van der Waals surface area contributed by atoms with Crippen molar-refractivity contribution < 1.29 is 5.11 Å². The molecule has 1 atom stereocenters. The molecule has 0 saturated heterocycles. The number of rotatable bonds is 4. The standard InChI is InChI=1S/C15H13ClN2OS/c16-11-7-5-10(6-8-11)13(9-19)18-15-17-12-3-1-2-4-14(12)20-15/h1-8,13,19H,9H2,(H,17,18). The third kappa shape index (κ3) is 2.77. The molecule has 0 spiro atoms. The zero-order chi connectivity index (χ0) is 13.9. The van der Waals surface area contributed by atoms with Crippen LogP contribution in [-0.4, -0.2) is 16.7 Å². The second-order valence-electron chi connectivity index (χ2n) is 4.42. The van der Waals surface area contributed by atoms with Gasteiger partial charge in [-0.3, -0.25) is 0 Å². The van der Waals surface area contributed by atoms with Gasteiger partial charge in [0.2, 0.25) is 0 Å². The summed E-state index contributed by atoms with van der Waals surface area (Å²) < 4.78 is 1.13. The molecule has 3 aromatic rings. The quantitative estimate of drug-likeness (QED) is 0.763. The highest BCUT2D eigenvalue weighted by molar-refractivity contribution is 7.22. The number of aromatic nitrogens is 1. The van der Waals surface area contributed by atoms with Crippen molar-refractivity contribution in [3.63, 3.8) is 0 Å². The number of nitrogens with one attached hydrogen (secondary N) is 1. The number of fused-ring (bicyclic) bond motifs is 1. The molecule has 3 nitrogen and oxygen atoms in total. The first-order valence-electron chi connectivity index (χ1n) is 6.24. The van der Waals surface area contributed by atoms with E-state index < -0.39 is 0 Å². The summed E-state index contributed by atoms with van der Waals surface area (Å²) in [5.41, 5.74) is 1.95. The summed E-state index contributed by atoms with van der Waals surface area (Å²) in [6, 6.07) is 15.2. The van der Waals surface area contributed by atoms with Gasteiger partial charge in [-0.05, 0) is 29.8 Å². The van der Waals surface area contributed by atoms with Crippen LogP contribution in [0, 0.1) is 0 Å². The Morgan fingerprint density at radius 1 is 1.15 bits per heavy atom. The summed E-state index contributed by atoms with van der Waals surface area (Å²) in [5.74, 6) is 0. The second kappa shape index (κ2) is 5.79. The first-order chi connectivity index (χ1) is 9.76. The van der Waals surface area contributed by atoms with E-state index in [1.54, 1.807) is 11.3 Å². The van der Waals surface area contributed by atoms with Gasteiger partial charge >= 0.3 is 0 Å². The number of nitrogens with zero attached hydrogens (tertiary/aromatic N) is 1. The number of anilines is 1. The van der Waals surface area contributed by atoms with E-state index in [2.05, 4.69) is 10.3 Å². The van der Waals surface area contributed by atoms with Crippen molar-refractivity contribution in [2.75, 3.05) is 11.9 Å². The van der Waals surface area contributed by atoms with Crippen molar-refractivity contribution in [2.24, 2.45) is 0 Å². The fourth-order valence-corrected chi connectivity index (χ4v) is 3.06. The predicted molar refractivity (Wildman–Crippen MR) is 84.5 cm³/mol. The maximum absolute atomic E-state index is 9.57. The van der Waals surface area contributed by atoms with Crippen LogP contribution in [0.3, 0.4) is 0 Å². The van der Waals surface area contributed by atoms with Crippen LogP contribution < -0.4 is 5.32 Å². The molecule has 2 aromatic carbocycles. The van der Waals surface area contributed by atoms with Gasteiger partial charge in [0.15, 0.2) is 5.13 Å². The number of benzene rings is 2. The summed E-state index contributed by atoms with van der Waals surface area (Å²) in [4.78, 5) is 4.51. The summed E-state index contributed by atoms with van der Waals surface area (Å²) in [5, 5.41) is 14.3. The zero-order valence-corrected chi connectivity index (χ0v) is 12.2. The topological polar surface area (TPSA) is 45.1 Å². The Hall–Kier alpha value is -1.62. The van der Waals surface area contributed by atoms with Gasteiger partial charge in [-0.2, -0.15) is 0 Å². The summed E-state index contributed by atoms with van der Waals surface area (Å²) in [6.07, 6.45) is 0. The van der Waals surface area contributed by atoms with Crippen LogP contribution >= 0.6 is 22.9 Å². The Balaban J connectivity index is 1.85. The molecule has 1 unspecified atom stereocenters. The first kappa shape index (κ1) is 13.4. The van der Waals surface area contributed by atoms with Gasteiger partial charge in [-0.15, -0.1) is 0 Å². The Morgan fingerprint density at radius 2 is 1.90 bits per heavy atom. The van der Waals surface area contributed by atoms with Crippen LogP contribution in [0.5, 0.6) is 0 Å². The van der Waals surface area contributed by atoms with E-state index in [-0.39, 0.29) is 12.6 Å². The highest BCUT2D eigenvalue weighted by Gasteiger charge is 2.12. The molecule has 0 radical (unpaired) electrons. The molecule has 1 heterocycles. The lowest BCUT2D eigenvalue weighted by Crippen LogP contribution is -2.14. The van der Waals surface area contributed by atoms with Crippen LogP contribution in [0.4, 0.5) is 5.13 Å². The fourth-order valence-electron chi connectivity index (χ4n) is 2.01. The maximum atomic E-state index is 9.57. The molecule has 3 rings (SSSR count). The predicted octanol–water partition coefficient (Wildman–Crippen LogP) is 4.10. The number of para-hydroxylation sites is 1. The Bertz CT molecular complexity index is 678. The molecule has 0 fully saturated rings. The molecule has 0 aliphatic rings. The van der Waals surface area contributed by atoms with Gasteiger partial charge in [0, 0.05) is 5.02 Å². The minimum absolute atomic E-state index is 0.00242. The molecule has 0 aliphatic heterocycles. The SMILES string of the molecule is OCC(Nc1nc2ccccc2s1)c1ccc(Cl)cc1. The molecular weight excluding hydrogens is 292 g/mol. The molecular formula is C15H13ClN2OS. The van der Waals surface area contributed by atoms with Crippen molar-refractivity contribution in [2.45, 2.75) is 6.04 Å². The van der Waals surface area contributed by atoms with Gasteiger partial charge in [0.1, 0.15) is 0 Å². The number of aliphatic hydroxyl groups excluding tert-OH is 1. The van der Waals surface area contributed by atoms with Gasteiger partial charge in [0.05, 0.1) is 22.9 Å². The summed E-state index contributed by atoms with van der Waals surface area (Å²) >= 11 is 7.46. The Kier molecular flexibility index (Phi) is 3.87. The molecule has 0 aliphatic carbocycles. The molecule has 102 valence electrons. The molecule has 0 saturated carbocycles. The van der Waals surface area contributed by atoms with E-state index in [9.17, 15) is 5.11 Å². The number of hydrogen-bond donors (Lipinski definition) is 2. The normalized spacial score (nSPS) is 12.5. The lowest BCUT2D eigenvalue weighted by Gasteiger charge is -2.15. The van der Waals surface area contributed by atoms with Crippen molar-refractivity contribution >= 4 is 38.3 Å². The minimum atomic E-state index is -0.187. The number of hydrogen-bond acceptors (Lipinski definition) is 4. The molecule has 0 amide bonds. The van der Waals surface area contributed by atoms with Crippen LogP contribution in [-0.2, 0) is 0 Å². The van der Waals surface area contributed by atoms with E-state index in [0.717, 1.165) is 20.9 Å². The van der Waals surface area contributed by atoms with E-state index in [4.69, 9.17) is 11.6 Å². The van der Waals surface area contributed by atoms with E-state index in [1.807, 2.05) is 48.5 Å². The van der Waals surface area contributed by atoms with Crippen LogP contribution in [0.2, 0.25) is 5.02 Å². The second-order valence-corrected chi connectivity index (χ2v) is 5.88. The molecule has 2 N–H and O–H groups in total. The first-order valence-corrected chi connectivity index (χ1v) is 7.44. The fraction of sp³-hybridized carbons (Fsp3) is 0.133. The van der Waals surface area contributed by atoms with E-state index in [0.29, 0.717) is 5.02 Å². The monoisotopic (exact) mass is 304 g/mol. The van der Waals surface area contributed by atoms with E-state index >= 15 is 0 Å². The molecule has 20 heavy (non-hydrogen) atoms. The lowest BCUT2D eigenvalue weighted by atomic mass is 10.1. The lowest BCUT2D eigenvalue weighted by molar-refractivity contribution is 0.276. The highest BCUT2D eigenvalue weighted by Crippen LogP contribution is 2.28. The smallest absolute Gasteiger partial charge is 0.184 e. The summed E-state index contributed by atoms with van der Waals surface area (Å²) in [7, 11) is 0. The number of halogens is 1. The highest BCUT2D eigenvalue weighted by atomic mass is 35.5. The molecule has 5 heteroatoms. The van der Waals surface area contributed by atoms with Crippen molar-refractivity contribution in [3.8, 4) is 0 Å². The largest absolute Gasteiger partial charge is 0.394 e. The van der Waals surface area contributed by atoms with Crippen LogP contribution in [0.25, 0.3) is 10.2 Å². The van der Waals surface area contributed by atoms with Gasteiger partial charge in [-0.1, -0.05) is 47.2 Å². The van der Waals surface area contributed by atoms with Gasteiger partial charge in [0.25, 0.3) is 0 Å². The average Bonchev–Trinajstić information content (AvgIpc) is 2.88. The van der Waals surface area contributed by atoms with E-state index in [1.165, 1.54) is 0 Å².